The van der Waals surface area contributed by atoms with Crippen LogP contribution in [0.15, 0.2) is 12.7 Å². The Balaban J connectivity index is 2.43. The van der Waals surface area contributed by atoms with E-state index in [1.165, 1.54) is 0 Å². The van der Waals surface area contributed by atoms with Crippen LogP contribution >= 0.6 is 0 Å². The van der Waals surface area contributed by atoms with Crippen LogP contribution in [0.25, 0.3) is 0 Å². The number of nitrogens with zero attached hydrogens (tertiary/aromatic N) is 2. The molecule has 1 heterocycles. The fourth-order valence-corrected chi connectivity index (χ4v) is 1.34. The minimum Gasteiger partial charge on any atom is -0.344 e. The van der Waals surface area contributed by atoms with Crippen LogP contribution in [0.2, 0.25) is 0 Å². The van der Waals surface area contributed by atoms with E-state index in [9.17, 15) is 4.79 Å². The van der Waals surface area contributed by atoms with Gasteiger partial charge in [-0.3, -0.25) is 9.69 Å². The van der Waals surface area contributed by atoms with Gasteiger partial charge in [-0.05, 0) is 0 Å². The highest BCUT2D eigenvalue weighted by molar-refractivity contribution is 5.76. The third-order valence-electron chi connectivity index (χ3n) is 2.21. The van der Waals surface area contributed by atoms with E-state index in [-0.39, 0.29) is 5.91 Å². The highest BCUT2D eigenvalue weighted by Crippen LogP contribution is 2.01. The molecule has 0 atom stereocenters. The van der Waals surface area contributed by atoms with Gasteiger partial charge in [-0.2, -0.15) is 0 Å². The molecule has 0 aromatic carbocycles. The summed E-state index contributed by atoms with van der Waals surface area (Å²) >= 11 is 0. The van der Waals surface area contributed by atoms with Crippen LogP contribution in [0.3, 0.4) is 0 Å². The Bertz CT molecular complexity index is 179. The normalized spacial score (nSPS) is 20.8. The molecule has 0 radical (unpaired) electrons. The van der Waals surface area contributed by atoms with Gasteiger partial charge in [0.25, 0.3) is 0 Å². The summed E-state index contributed by atoms with van der Waals surface area (Å²) in [5, 5.41) is 0. The van der Waals surface area contributed by atoms with Crippen molar-refractivity contribution in [2.75, 3.05) is 33.2 Å². The van der Waals surface area contributed by atoms with Gasteiger partial charge in [-0.15, -0.1) is 6.58 Å². The van der Waals surface area contributed by atoms with Crippen molar-refractivity contribution in [1.82, 2.24) is 9.80 Å². The zero-order valence-electron chi connectivity index (χ0n) is 7.62. The summed E-state index contributed by atoms with van der Waals surface area (Å²) in [6.45, 7) is 7.25. The second-order valence-electron chi connectivity index (χ2n) is 3.15. The lowest BCUT2D eigenvalue weighted by Gasteiger charge is -2.17. The van der Waals surface area contributed by atoms with E-state index in [1.807, 2.05) is 13.1 Å². The van der Waals surface area contributed by atoms with E-state index in [1.54, 1.807) is 4.90 Å². The molecule has 0 spiro atoms. The van der Waals surface area contributed by atoms with Crippen molar-refractivity contribution < 1.29 is 4.79 Å². The molecule has 0 aromatic rings. The zero-order valence-corrected chi connectivity index (χ0v) is 7.62. The Kier molecular flexibility index (Phi) is 3.29. The molecule has 0 saturated carbocycles. The minimum atomic E-state index is 0.251. The minimum absolute atomic E-state index is 0.251. The fraction of sp³-hybridized carbons (Fsp3) is 0.667. The van der Waals surface area contributed by atoms with E-state index in [0.29, 0.717) is 6.42 Å². The molecule has 0 aliphatic carbocycles. The Morgan fingerprint density at radius 3 is 2.92 bits per heavy atom. The van der Waals surface area contributed by atoms with Gasteiger partial charge in [0.15, 0.2) is 0 Å². The summed E-state index contributed by atoms with van der Waals surface area (Å²) in [6, 6.07) is 0. The maximum atomic E-state index is 11.2. The first-order valence-corrected chi connectivity index (χ1v) is 4.31. The van der Waals surface area contributed by atoms with Gasteiger partial charge in [-0.25, -0.2) is 0 Å². The molecule has 68 valence electrons. The molecule has 0 aromatic heterocycles. The Morgan fingerprint density at radius 2 is 2.25 bits per heavy atom. The van der Waals surface area contributed by atoms with Crippen molar-refractivity contribution in [2.24, 2.45) is 0 Å². The summed E-state index contributed by atoms with van der Waals surface area (Å²) in [5.41, 5.74) is 0. The lowest BCUT2D eigenvalue weighted by atomic mass is 10.3. The van der Waals surface area contributed by atoms with Crippen LogP contribution in [0.1, 0.15) is 6.42 Å². The molecule has 1 aliphatic rings. The number of amides is 1. The molecule has 0 bridgehead atoms. The molecule has 0 N–H and O–H groups in total. The van der Waals surface area contributed by atoms with Gasteiger partial charge in [0.1, 0.15) is 0 Å². The van der Waals surface area contributed by atoms with Crippen LogP contribution in [-0.2, 0) is 4.79 Å². The van der Waals surface area contributed by atoms with Gasteiger partial charge in [0, 0.05) is 39.6 Å². The average Bonchev–Trinajstić information content (AvgIpc) is 2.20. The molecule has 1 aliphatic heterocycles. The molecule has 0 unspecified atom stereocenters. The SMILES string of the molecule is C=CCN1CCC(=O)N(C)CC1. The van der Waals surface area contributed by atoms with E-state index in [2.05, 4.69) is 11.5 Å². The topological polar surface area (TPSA) is 23.6 Å². The van der Waals surface area contributed by atoms with Gasteiger partial charge in [0.05, 0.1) is 0 Å². The molecular weight excluding hydrogens is 152 g/mol. The summed E-state index contributed by atoms with van der Waals surface area (Å²) < 4.78 is 0. The summed E-state index contributed by atoms with van der Waals surface area (Å²) in [4.78, 5) is 15.3. The highest BCUT2D eigenvalue weighted by Gasteiger charge is 2.16. The Hall–Kier alpha value is -0.830. The first-order valence-electron chi connectivity index (χ1n) is 4.31. The van der Waals surface area contributed by atoms with Crippen LogP contribution in [0.4, 0.5) is 0 Å². The average molecular weight is 168 g/mol. The third kappa shape index (κ3) is 2.34. The van der Waals surface area contributed by atoms with E-state index in [0.717, 1.165) is 26.2 Å². The molecule has 3 nitrogen and oxygen atoms in total. The predicted octanol–water partition coefficient (Wildman–Crippen LogP) is 0.337. The third-order valence-corrected chi connectivity index (χ3v) is 2.21. The van der Waals surface area contributed by atoms with Gasteiger partial charge in [0.2, 0.25) is 5.91 Å². The van der Waals surface area contributed by atoms with Gasteiger partial charge >= 0.3 is 0 Å². The van der Waals surface area contributed by atoms with E-state index >= 15 is 0 Å². The number of carbonyl (C=O) groups excluding carboxylic acids is 1. The van der Waals surface area contributed by atoms with Crippen LogP contribution in [-0.4, -0.2) is 48.9 Å². The standard InChI is InChI=1S/C9H16N2O/c1-3-5-11-6-4-9(12)10(2)7-8-11/h3H,1,4-8H2,2H3. The molecule has 1 amide bonds. The highest BCUT2D eigenvalue weighted by atomic mass is 16.2. The molecular formula is C9H16N2O. The lowest BCUT2D eigenvalue weighted by molar-refractivity contribution is -0.129. The maximum Gasteiger partial charge on any atom is 0.223 e. The van der Waals surface area contributed by atoms with Crippen molar-refractivity contribution in [1.29, 1.82) is 0 Å². The fourth-order valence-electron chi connectivity index (χ4n) is 1.34. The first kappa shape index (κ1) is 9.26. The van der Waals surface area contributed by atoms with Crippen LogP contribution < -0.4 is 0 Å². The Labute approximate surface area is 73.6 Å². The van der Waals surface area contributed by atoms with Gasteiger partial charge < -0.3 is 4.90 Å². The van der Waals surface area contributed by atoms with Crippen LogP contribution in [0.5, 0.6) is 0 Å². The maximum absolute atomic E-state index is 11.2. The number of carbonyl (C=O) groups is 1. The zero-order chi connectivity index (χ0) is 8.97. The van der Waals surface area contributed by atoms with E-state index < -0.39 is 0 Å². The number of hydrogen-bond donors (Lipinski definition) is 0. The quantitative estimate of drug-likeness (QED) is 0.555. The van der Waals surface area contributed by atoms with Crippen molar-refractivity contribution in [3.05, 3.63) is 12.7 Å². The van der Waals surface area contributed by atoms with Crippen LogP contribution in [0, 0.1) is 0 Å². The number of likely N-dealkylation sites (N-methyl/N-ethyl adjacent to an activating group) is 1. The molecule has 1 saturated heterocycles. The second kappa shape index (κ2) is 4.26. The Morgan fingerprint density at radius 1 is 1.50 bits per heavy atom. The lowest BCUT2D eigenvalue weighted by Crippen LogP contribution is -2.30. The summed E-state index contributed by atoms with van der Waals surface area (Å²) in [5.74, 6) is 0.251. The number of rotatable bonds is 2. The van der Waals surface area contributed by atoms with E-state index in [4.69, 9.17) is 0 Å². The second-order valence-corrected chi connectivity index (χ2v) is 3.15. The summed E-state index contributed by atoms with van der Waals surface area (Å²) in [7, 11) is 1.86. The monoisotopic (exact) mass is 168 g/mol. The molecule has 1 fully saturated rings. The molecule has 12 heavy (non-hydrogen) atoms. The van der Waals surface area contributed by atoms with Crippen molar-refractivity contribution >= 4 is 5.91 Å². The summed E-state index contributed by atoms with van der Waals surface area (Å²) in [6.07, 6.45) is 2.53. The predicted molar refractivity (Wildman–Crippen MR) is 48.9 cm³/mol. The largest absolute Gasteiger partial charge is 0.344 e. The van der Waals surface area contributed by atoms with Crippen molar-refractivity contribution in [3.8, 4) is 0 Å². The first-order chi connectivity index (χ1) is 5.74. The van der Waals surface area contributed by atoms with Crippen molar-refractivity contribution in [2.45, 2.75) is 6.42 Å². The molecule has 1 rings (SSSR count). The smallest absolute Gasteiger partial charge is 0.223 e. The number of hydrogen-bond acceptors (Lipinski definition) is 2. The van der Waals surface area contributed by atoms with Crippen molar-refractivity contribution in [3.63, 3.8) is 0 Å². The molecule has 3 heteroatoms. The van der Waals surface area contributed by atoms with Gasteiger partial charge in [-0.1, -0.05) is 6.08 Å².